The van der Waals surface area contributed by atoms with Gasteiger partial charge in [-0.05, 0) is 37.1 Å². The van der Waals surface area contributed by atoms with Crippen molar-refractivity contribution < 1.29 is 18.3 Å². The molecule has 0 unspecified atom stereocenters. The number of rotatable bonds is 4. The van der Waals surface area contributed by atoms with Crippen molar-refractivity contribution >= 4 is 44.5 Å². The minimum atomic E-state index is -3.47. The number of amides is 1. The van der Waals surface area contributed by atoms with E-state index in [0.717, 1.165) is 27.9 Å². The van der Waals surface area contributed by atoms with Gasteiger partial charge >= 0.3 is 6.09 Å². The maximum atomic E-state index is 11.9. The fourth-order valence-corrected chi connectivity index (χ4v) is 3.21. The van der Waals surface area contributed by atoms with E-state index in [1.54, 1.807) is 28.9 Å². The molecule has 0 bridgehead atoms. The van der Waals surface area contributed by atoms with E-state index in [-0.39, 0.29) is 10.6 Å². The number of aromatic nitrogens is 2. The highest BCUT2D eigenvalue weighted by atomic mass is 127. The van der Waals surface area contributed by atoms with Crippen molar-refractivity contribution in [3.05, 3.63) is 30.0 Å². The van der Waals surface area contributed by atoms with Gasteiger partial charge in [0.15, 0.2) is 9.84 Å². The molecule has 0 atom stereocenters. The number of H-pyrrole nitrogens is 1. The number of nitrogens with zero attached hydrogens (tertiary/aromatic N) is 2. The van der Waals surface area contributed by atoms with Crippen molar-refractivity contribution in [1.82, 2.24) is 10.2 Å². The van der Waals surface area contributed by atoms with Crippen LogP contribution in [-0.4, -0.2) is 36.1 Å². The Morgan fingerprint density at radius 2 is 2.04 bits per heavy atom. The fourth-order valence-electron chi connectivity index (χ4n) is 2.26. The number of anilines is 1. The zero-order valence-corrected chi connectivity index (χ0v) is 15.1. The molecule has 122 valence electrons. The number of sulfone groups is 1. The van der Waals surface area contributed by atoms with Gasteiger partial charge in [-0.2, -0.15) is 5.10 Å². The second-order valence-electron chi connectivity index (χ2n) is 5.53. The zero-order valence-electron chi connectivity index (χ0n) is 12.2. The molecule has 1 aromatic carbocycles. The van der Waals surface area contributed by atoms with Crippen molar-refractivity contribution in [2.75, 3.05) is 9.37 Å². The Morgan fingerprint density at radius 1 is 1.35 bits per heavy atom. The molecule has 1 heterocycles. The average Bonchev–Trinajstić information content (AvgIpc) is 3.22. The maximum Gasteiger partial charge on any atom is 0.420 e. The molecule has 1 fully saturated rings. The molecule has 1 aliphatic carbocycles. The summed E-state index contributed by atoms with van der Waals surface area (Å²) in [6, 6.07) is 6.36. The monoisotopic (exact) mass is 447 g/mol. The quantitative estimate of drug-likeness (QED) is 0.554. The lowest BCUT2D eigenvalue weighted by molar-refractivity contribution is 0.207. The summed E-state index contributed by atoms with van der Waals surface area (Å²) in [4.78, 5) is 11.2. The van der Waals surface area contributed by atoms with Crippen molar-refractivity contribution in [2.24, 2.45) is 0 Å². The third kappa shape index (κ3) is 3.50. The number of hydrogen-bond acceptors (Lipinski definition) is 4. The van der Waals surface area contributed by atoms with Crippen LogP contribution >= 0.6 is 22.9 Å². The van der Waals surface area contributed by atoms with E-state index in [9.17, 15) is 13.2 Å². The topological polar surface area (TPSA) is 103 Å². The van der Waals surface area contributed by atoms with Crippen molar-refractivity contribution in [1.29, 1.82) is 0 Å². The van der Waals surface area contributed by atoms with Crippen molar-refractivity contribution in [3.8, 4) is 11.3 Å². The van der Waals surface area contributed by atoms with Crippen molar-refractivity contribution in [2.45, 2.75) is 23.7 Å². The minimum Gasteiger partial charge on any atom is -0.464 e. The van der Waals surface area contributed by atoms with Gasteiger partial charge in [-0.25, -0.2) is 16.3 Å². The molecule has 7 nitrogen and oxygen atoms in total. The molecule has 0 saturated heterocycles. The number of nitrogens with one attached hydrogen (secondary N) is 1. The van der Waals surface area contributed by atoms with Crippen LogP contribution in [0.2, 0.25) is 0 Å². The molecule has 3 rings (SSSR count). The summed E-state index contributed by atoms with van der Waals surface area (Å²) in [6.07, 6.45) is 2.16. The molecule has 2 N–H and O–H groups in total. The summed E-state index contributed by atoms with van der Waals surface area (Å²) in [5, 5.41) is 16.3. The van der Waals surface area contributed by atoms with Crippen LogP contribution in [0.3, 0.4) is 0 Å². The first-order chi connectivity index (χ1) is 10.8. The van der Waals surface area contributed by atoms with Gasteiger partial charge in [-0.3, -0.25) is 5.10 Å². The molecule has 9 heteroatoms. The Labute approximate surface area is 147 Å². The molecule has 1 aromatic heterocycles. The predicted molar refractivity (Wildman–Crippen MR) is 93.6 cm³/mol. The largest absolute Gasteiger partial charge is 0.464 e. The minimum absolute atomic E-state index is 0.0592. The van der Waals surface area contributed by atoms with Crippen LogP contribution in [0.25, 0.3) is 11.3 Å². The van der Waals surface area contributed by atoms with E-state index < -0.39 is 15.9 Å². The fraction of sp³-hybridized carbons (Fsp3) is 0.286. The predicted octanol–water partition coefficient (Wildman–Crippen LogP) is 3.19. The number of benzene rings is 1. The summed E-state index contributed by atoms with van der Waals surface area (Å²) in [5.41, 5.74) is 2.46. The number of aromatic amines is 1. The Kier molecular flexibility index (Phi) is 4.08. The number of halogens is 1. The molecule has 0 spiro atoms. The molecule has 0 radical (unpaired) electrons. The summed E-state index contributed by atoms with van der Waals surface area (Å²) in [5.74, 6) is 0.494. The smallest absolute Gasteiger partial charge is 0.420 e. The lowest BCUT2D eigenvalue weighted by atomic mass is 10.1. The second kappa shape index (κ2) is 5.78. The van der Waals surface area contributed by atoms with E-state index in [1.165, 1.54) is 12.1 Å². The van der Waals surface area contributed by atoms with Gasteiger partial charge < -0.3 is 5.11 Å². The van der Waals surface area contributed by atoms with Gasteiger partial charge in [0.2, 0.25) is 0 Å². The summed E-state index contributed by atoms with van der Waals surface area (Å²) in [6.45, 7) is 0. The Balaban J connectivity index is 2.10. The molecule has 0 aliphatic heterocycles. The third-order valence-electron chi connectivity index (χ3n) is 3.62. The van der Waals surface area contributed by atoms with Crippen LogP contribution in [0.4, 0.5) is 10.5 Å². The lowest BCUT2D eigenvalue weighted by Crippen LogP contribution is -2.17. The second-order valence-corrected chi connectivity index (χ2v) is 8.51. The van der Waals surface area contributed by atoms with E-state index >= 15 is 0 Å². The molecular formula is C14H14IN3O4S. The van der Waals surface area contributed by atoms with Gasteiger partial charge in [0.1, 0.15) is 0 Å². The van der Waals surface area contributed by atoms with E-state index in [2.05, 4.69) is 10.2 Å². The zero-order chi connectivity index (χ0) is 16.8. The van der Waals surface area contributed by atoms with Crippen LogP contribution in [-0.2, 0) is 9.84 Å². The summed E-state index contributed by atoms with van der Waals surface area (Å²) >= 11 is 1.61. The van der Waals surface area contributed by atoms with E-state index in [4.69, 9.17) is 5.11 Å². The number of carboxylic acid groups (broad SMARTS) is 1. The molecule has 23 heavy (non-hydrogen) atoms. The van der Waals surface area contributed by atoms with Crippen LogP contribution in [0.15, 0.2) is 29.2 Å². The Morgan fingerprint density at radius 3 is 2.61 bits per heavy atom. The van der Waals surface area contributed by atoms with Gasteiger partial charge in [-0.15, -0.1) is 0 Å². The van der Waals surface area contributed by atoms with E-state index in [1.807, 2.05) is 6.07 Å². The van der Waals surface area contributed by atoms with Crippen LogP contribution < -0.4 is 3.11 Å². The summed E-state index contributed by atoms with van der Waals surface area (Å²) in [7, 11) is -3.47. The SMILES string of the molecule is CS(=O)(=O)c1cc(-c2cc(C3CC3)[nH]n2)cc(N(I)C(=O)O)c1. The lowest BCUT2D eigenvalue weighted by Gasteiger charge is -2.13. The first kappa shape index (κ1) is 16.2. The van der Waals surface area contributed by atoms with Gasteiger partial charge in [0.25, 0.3) is 0 Å². The third-order valence-corrected chi connectivity index (χ3v) is 5.69. The highest BCUT2D eigenvalue weighted by molar-refractivity contribution is 14.1. The summed E-state index contributed by atoms with van der Waals surface area (Å²) < 4.78 is 24.7. The molecule has 1 amide bonds. The Hall–Kier alpha value is -1.62. The first-order valence-electron chi connectivity index (χ1n) is 6.85. The van der Waals surface area contributed by atoms with Crippen LogP contribution in [0.1, 0.15) is 24.5 Å². The molecule has 2 aromatic rings. The van der Waals surface area contributed by atoms with Crippen molar-refractivity contribution in [3.63, 3.8) is 0 Å². The molecule has 1 saturated carbocycles. The maximum absolute atomic E-state index is 11.9. The van der Waals surface area contributed by atoms with Crippen LogP contribution in [0.5, 0.6) is 0 Å². The van der Waals surface area contributed by atoms with Gasteiger partial charge in [0, 0.05) is 23.4 Å². The highest BCUT2D eigenvalue weighted by Crippen LogP contribution is 2.40. The van der Waals surface area contributed by atoms with Crippen LogP contribution in [0, 0.1) is 0 Å². The first-order valence-corrected chi connectivity index (χ1v) is 9.71. The normalized spacial score (nSPS) is 14.7. The Bertz CT molecular complexity index is 874. The van der Waals surface area contributed by atoms with Gasteiger partial charge in [0.05, 0.1) is 39.1 Å². The highest BCUT2D eigenvalue weighted by Gasteiger charge is 2.26. The molecule has 1 aliphatic rings. The average molecular weight is 447 g/mol. The number of hydrogen-bond donors (Lipinski definition) is 2. The number of carbonyl (C=O) groups is 1. The van der Waals surface area contributed by atoms with E-state index in [0.29, 0.717) is 17.2 Å². The van der Waals surface area contributed by atoms with Gasteiger partial charge in [-0.1, -0.05) is 0 Å². The standard InChI is InChI=1S/C14H14IN3O4S/c1-23(21,22)11-5-9(4-10(6-11)18(15)14(19)20)13-7-12(16-17-13)8-2-3-8/h4-8H,2-3H2,1H3,(H,16,17)(H,19,20). The molecular weight excluding hydrogens is 433 g/mol.